The largest absolute Gasteiger partial charge is 0.461 e. The Morgan fingerprint density at radius 1 is 0.733 bits per heavy atom. The van der Waals surface area contributed by atoms with E-state index in [0.29, 0.717) is 5.92 Å². The van der Waals surface area contributed by atoms with Crippen molar-refractivity contribution in [3.05, 3.63) is 0 Å². The standard InChI is InChI=1S/C24H44N2O4/c1-16(2)25-18(4)23(27)30-22-13-11-20(12-14-22)15-17(3)26-19(5)24(28)29-21-9-7-6-8-10-21/h16-22,25-26H,6-15H2,1-5H3. The lowest BCUT2D eigenvalue weighted by Gasteiger charge is -2.31. The summed E-state index contributed by atoms with van der Waals surface area (Å²) in [7, 11) is 0. The molecule has 0 aromatic carbocycles. The van der Waals surface area contributed by atoms with Crippen molar-refractivity contribution >= 4 is 11.9 Å². The third-order valence-electron chi connectivity index (χ3n) is 6.42. The van der Waals surface area contributed by atoms with E-state index >= 15 is 0 Å². The molecule has 2 aliphatic carbocycles. The molecule has 174 valence electrons. The number of hydrogen-bond donors (Lipinski definition) is 2. The van der Waals surface area contributed by atoms with Gasteiger partial charge in [0.25, 0.3) is 0 Å². The van der Waals surface area contributed by atoms with Crippen molar-refractivity contribution in [2.24, 2.45) is 5.92 Å². The Bertz CT molecular complexity index is 525. The summed E-state index contributed by atoms with van der Waals surface area (Å²) in [5.74, 6) is 0.344. The van der Waals surface area contributed by atoms with Crippen LogP contribution in [0.1, 0.15) is 98.8 Å². The van der Waals surface area contributed by atoms with Crippen LogP contribution >= 0.6 is 0 Å². The topological polar surface area (TPSA) is 76.7 Å². The zero-order valence-electron chi connectivity index (χ0n) is 19.7. The second-order valence-electron chi connectivity index (χ2n) is 9.84. The molecule has 0 aromatic rings. The highest BCUT2D eigenvalue weighted by atomic mass is 16.5. The van der Waals surface area contributed by atoms with Crippen LogP contribution in [-0.4, -0.2) is 48.3 Å². The van der Waals surface area contributed by atoms with Gasteiger partial charge in [-0.15, -0.1) is 0 Å². The monoisotopic (exact) mass is 424 g/mol. The molecule has 0 aliphatic heterocycles. The highest BCUT2D eigenvalue weighted by molar-refractivity contribution is 5.75. The van der Waals surface area contributed by atoms with Crippen LogP contribution in [0.5, 0.6) is 0 Å². The fourth-order valence-electron chi connectivity index (χ4n) is 4.83. The van der Waals surface area contributed by atoms with Gasteiger partial charge in [0.1, 0.15) is 24.3 Å². The minimum Gasteiger partial charge on any atom is -0.461 e. The van der Waals surface area contributed by atoms with E-state index in [4.69, 9.17) is 9.47 Å². The summed E-state index contributed by atoms with van der Waals surface area (Å²) in [5.41, 5.74) is 0. The first-order valence-corrected chi connectivity index (χ1v) is 12.2. The maximum Gasteiger partial charge on any atom is 0.323 e. The van der Waals surface area contributed by atoms with E-state index in [1.165, 1.54) is 19.3 Å². The van der Waals surface area contributed by atoms with Gasteiger partial charge >= 0.3 is 11.9 Å². The average molecular weight is 425 g/mol. The molecule has 0 bridgehead atoms. The van der Waals surface area contributed by atoms with Crippen LogP contribution in [0, 0.1) is 5.92 Å². The molecule has 0 heterocycles. The molecular weight excluding hydrogens is 380 g/mol. The summed E-state index contributed by atoms with van der Waals surface area (Å²) in [6, 6.07) is -0.00570. The molecule has 3 atom stereocenters. The minimum atomic E-state index is -0.269. The highest BCUT2D eigenvalue weighted by Gasteiger charge is 2.28. The number of carbonyl (C=O) groups is 2. The van der Waals surface area contributed by atoms with E-state index in [0.717, 1.165) is 44.9 Å². The predicted molar refractivity (Wildman–Crippen MR) is 119 cm³/mol. The lowest BCUT2D eigenvalue weighted by molar-refractivity contribution is -0.153. The van der Waals surface area contributed by atoms with Gasteiger partial charge in [-0.3, -0.25) is 9.59 Å². The Kier molecular flexibility index (Phi) is 10.6. The Morgan fingerprint density at radius 2 is 1.23 bits per heavy atom. The molecule has 2 N–H and O–H groups in total. The zero-order chi connectivity index (χ0) is 22.1. The fourth-order valence-corrected chi connectivity index (χ4v) is 4.83. The molecular formula is C24H44N2O4. The molecule has 3 unspecified atom stereocenters. The van der Waals surface area contributed by atoms with Crippen LogP contribution in [-0.2, 0) is 19.1 Å². The smallest absolute Gasteiger partial charge is 0.323 e. The van der Waals surface area contributed by atoms with Crippen molar-refractivity contribution in [1.82, 2.24) is 10.6 Å². The number of ether oxygens (including phenoxy) is 2. The summed E-state index contributed by atoms with van der Waals surface area (Å²) < 4.78 is 11.4. The Morgan fingerprint density at radius 3 is 1.77 bits per heavy atom. The van der Waals surface area contributed by atoms with Gasteiger partial charge in [0.05, 0.1) is 0 Å². The van der Waals surface area contributed by atoms with Crippen LogP contribution in [0.15, 0.2) is 0 Å². The number of hydrogen-bond acceptors (Lipinski definition) is 6. The van der Waals surface area contributed by atoms with E-state index in [2.05, 4.69) is 17.6 Å². The maximum atomic E-state index is 12.4. The molecule has 2 saturated carbocycles. The molecule has 0 aromatic heterocycles. The molecule has 2 rings (SSSR count). The SMILES string of the molecule is CC(C)NC(C)C(=O)OC1CCC(CC(C)NC(C)C(=O)OC2CCCCC2)CC1. The molecule has 2 aliphatic rings. The van der Waals surface area contributed by atoms with Crippen LogP contribution in [0.25, 0.3) is 0 Å². The van der Waals surface area contributed by atoms with Crippen molar-refractivity contribution in [1.29, 1.82) is 0 Å². The molecule has 0 amide bonds. The first-order valence-electron chi connectivity index (χ1n) is 12.2. The maximum absolute atomic E-state index is 12.4. The van der Waals surface area contributed by atoms with Crippen molar-refractivity contribution in [3.8, 4) is 0 Å². The van der Waals surface area contributed by atoms with E-state index in [1.807, 2.05) is 27.7 Å². The number of rotatable bonds is 10. The molecule has 2 fully saturated rings. The second-order valence-corrected chi connectivity index (χ2v) is 9.84. The first kappa shape index (κ1) is 25.1. The Hall–Kier alpha value is -1.14. The Balaban J connectivity index is 1.64. The van der Waals surface area contributed by atoms with Crippen LogP contribution in [0.3, 0.4) is 0 Å². The highest BCUT2D eigenvalue weighted by Crippen LogP contribution is 2.30. The number of nitrogens with one attached hydrogen (secondary N) is 2. The second kappa shape index (κ2) is 12.7. The first-order chi connectivity index (χ1) is 14.2. The van der Waals surface area contributed by atoms with Crippen molar-refractivity contribution in [2.75, 3.05) is 0 Å². The molecule has 0 saturated heterocycles. The van der Waals surface area contributed by atoms with Crippen LogP contribution in [0.2, 0.25) is 0 Å². The summed E-state index contributed by atoms with van der Waals surface area (Å²) in [5, 5.41) is 6.62. The van der Waals surface area contributed by atoms with Gasteiger partial charge in [0.2, 0.25) is 0 Å². The van der Waals surface area contributed by atoms with Crippen molar-refractivity contribution in [2.45, 2.75) is 135 Å². The summed E-state index contributed by atoms with van der Waals surface area (Å²) in [6.45, 7) is 9.98. The van der Waals surface area contributed by atoms with Gasteiger partial charge in [-0.2, -0.15) is 0 Å². The third-order valence-corrected chi connectivity index (χ3v) is 6.42. The Labute approximate surface area is 183 Å². The van der Waals surface area contributed by atoms with Gasteiger partial charge in [-0.25, -0.2) is 0 Å². The van der Waals surface area contributed by atoms with Gasteiger partial charge in [-0.05, 0) is 84.5 Å². The normalized spacial score (nSPS) is 26.1. The van der Waals surface area contributed by atoms with Gasteiger partial charge in [0, 0.05) is 12.1 Å². The minimum absolute atomic E-state index is 0.0397. The molecule has 6 heteroatoms. The lowest BCUT2D eigenvalue weighted by atomic mass is 9.83. The fraction of sp³-hybridized carbons (Fsp3) is 0.917. The predicted octanol–water partition coefficient (Wildman–Crippen LogP) is 4.11. The van der Waals surface area contributed by atoms with E-state index in [1.54, 1.807) is 0 Å². The molecule has 0 spiro atoms. The van der Waals surface area contributed by atoms with Gasteiger partial charge < -0.3 is 20.1 Å². The summed E-state index contributed by atoms with van der Waals surface area (Å²) in [4.78, 5) is 24.6. The van der Waals surface area contributed by atoms with Crippen LogP contribution < -0.4 is 10.6 Å². The lowest BCUT2D eigenvalue weighted by Crippen LogP contribution is -2.43. The van der Waals surface area contributed by atoms with Crippen molar-refractivity contribution in [3.63, 3.8) is 0 Å². The van der Waals surface area contributed by atoms with Gasteiger partial charge in [-0.1, -0.05) is 20.3 Å². The molecule has 6 nitrogen and oxygen atoms in total. The third kappa shape index (κ3) is 8.93. The summed E-state index contributed by atoms with van der Waals surface area (Å²) >= 11 is 0. The number of esters is 2. The summed E-state index contributed by atoms with van der Waals surface area (Å²) in [6.07, 6.45) is 10.8. The number of carbonyl (C=O) groups excluding carboxylic acids is 2. The quantitative estimate of drug-likeness (QED) is 0.514. The molecule has 0 radical (unpaired) electrons. The van der Waals surface area contributed by atoms with E-state index < -0.39 is 0 Å². The molecule has 30 heavy (non-hydrogen) atoms. The van der Waals surface area contributed by atoms with E-state index in [9.17, 15) is 9.59 Å². The van der Waals surface area contributed by atoms with Crippen LogP contribution in [0.4, 0.5) is 0 Å². The average Bonchev–Trinajstić information content (AvgIpc) is 2.69. The zero-order valence-corrected chi connectivity index (χ0v) is 19.7. The van der Waals surface area contributed by atoms with Gasteiger partial charge in [0.15, 0.2) is 0 Å². The van der Waals surface area contributed by atoms with E-state index in [-0.39, 0.29) is 48.3 Å². The van der Waals surface area contributed by atoms with Crippen molar-refractivity contribution < 1.29 is 19.1 Å².